The molecule has 16 heavy (non-hydrogen) atoms. The molecule has 88 valence electrons. The number of aryl methyl sites for hydroxylation is 1. The second-order valence-electron chi connectivity index (χ2n) is 3.96. The molecule has 0 radical (unpaired) electrons. The molecule has 0 aliphatic carbocycles. The first-order valence-electron chi connectivity index (χ1n) is 5.45. The van der Waals surface area contributed by atoms with E-state index in [0.717, 1.165) is 25.9 Å². The van der Waals surface area contributed by atoms with Gasteiger partial charge in [0.1, 0.15) is 4.88 Å². The van der Waals surface area contributed by atoms with Crippen molar-refractivity contribution < 1.29 is 4.79 Å². The lowest BCUT2D eigenvalue weighted by atomic mass is 10.2. The fourth-order valence-electron chi connectivity index (χ4n) is 1.83. The lowest BCUT2D eigenvalue weighted by Gasteiger charge is -2.26. The maximum Gasteiger partial charge on any atom is 0.277 e. The Morgan fingerprint density at radius 3 is 2.69 bits per heavy atom. The third kappa shape index (κ3) is 2.51. The predicted molar refractivity (Wildman–Crippen MR) is 64.2 cm³/mol. The minimum absolute atomic E-state index is 0.0893. The predicted octanol–water partition coefficient (Wildman–Crippen LogP) is 1.16. The SMILES string of the molecule is Cc1nc(N)sc1C(=O)NN1CCCCC1. The Morgan fingerprint density at radius 1 is 1.44 bits per heavy atom. The monoisotopic (exact) mass is 240 g/mol. The Hall–Kier alpha value is -1.14. The van der Waals surface area contributed by atoms with Crippen molar-refractivity contribution in [2.24, 2.45) is 0 Å². The highest BCUT2D eigenvalue weighted by molar-refractivity contribution is 7.17. The van der Waals surface area contributed by atoms with Gasteiger partial charge in [0.25, 0.3) is 5.91 Å². The van der Waals surface area contributed by atoms with Gasteiger partial charge in [-0.25, -0.2) is 9.99 Å². The topological polar surface area (TPSA) is 71.2 Å². The van der Waals surface area contributed by atoms with Crippen molar-refractivity contribution >= 4 is 22.4 Å². The van der Waals surface area contributed by atoms with Gasteiger partial charge in [0.15, 0.2) is 5.13 Å². The summed E-state index contributed by atoms with van der Waals surface area (Å²) in [4.78, 5) is 16.6. The molecule has 3 N–H and O–H groups in total. The van der Waals surface area contributed by atoms with Crippen molar-refractivity contribution in [3.05, 3.63) is 10.6 Å². The van der Waals surface area contributed by atoms with Crippen LogP contribution < -0.4 is 11.2 Å². The molecular weight excluding hydrogens is 224 g/mol. The normalized spacial score (nSPS) is 17.3. The van der Waals surface area contributed by atoms with Gasteiger partial charge >= 0.3 is 0 Å². The highest BCUT2D eigenvalue weighted by Gasteiger charge is 2.18. The Balaban J connectivity index is 1.99. The van der Waals surface area contributed by atoms with E-state index in [2.05, 4.69) is 10.4 Å². The number of piperidine rings is 1. The number of carbonyl (C=O) groups excluding carboxylic acids is 1. The molecule has 5 nitrogen and oxygen atoms in total. The van der Waals surface area contributed by atoms with Crippen molar-refractivity contribution in [1.82, 2.24) is 15.4 Å². The Bertz CT molecular complexity index is 384. The number of rotatable bonds is 2. The highest BCUT2D eigenvalue weighted by atomic mass is 32.1. The van der Waals surface area contributed by atoms with E-state index in [-0.39, 0.29) is 5.91 Å². The summed E-state index contributed by atoms with van der Waals surface area (Å²) < 4.78 is 0. The zero-order valence-corrected chi connectivity index (χ0v) is 10.1. The average Bonchev–Trinajstić information content (AvgIpc) is 2.59. The second-order valence-corrected chi connectivity index (χ2v) is 4.99. The Morgan fingerprint density at radius 2 is 2.12 bits per heavy atom. The molecule has 0 unspecified atom stereocenters. The number of anilines is 1. The number of nitrogens with zero attached hydrogens (tertiary/aromatic N) is 2. The number of hydrogen-bond donors (Lipinski definition) is 2. The van der Waals surface area contributed by atoms with Crippen molar-refractivity contribution in [1.29, 1.82) is 0 Å². The molecule has 2 heterocycles. The maximum absolute atomic E-state index is 11.9. The van der Waals surface area contributed by atoms with Gasteiger partial charge in [0.05, 0.1) is 5.69 Å². The molecule has 0 atom stereocenters. The molecule has 1 aromatic heterocycles. The van der Waals surface area contributed by atoms with Crippen molar-refractivity contribution in [3.63, 3.8) is 0 Å². The van der Waals surface area contributed by atoms with Crippen LogP contribution in [0.1, 0.15) is 34.6 Å². The summed E-state index contributed by atoms with van der Waals surface area (Å²) in [6, 6.07) is 0. The van der Waals surface area contributed by atoms with E-state index >= 15 is 0 Å². The van der Waals surface area contributed by atoms with E-state index in [9.17, 15) is 4.79 Å². The number of hydrazine groups is 1. The number of amides is 1. The Kier molecular flexibility index (Phi) is 3.40. The number of aromatic nitrogens is 1. The quantitative estimate of drug-likeness (QED) is 0.814. The summed E-state index contributed by atoms with van der Waals surface area (Å²) >= 11 is 1.24. The summed E-state index contributed by atoms with van der Waals surface area (Å²) in [6.45, 7) is 3.66. The second kappa shape index (κ2) is 4.80. The lowest BCUT2D eigenvalue weighted by Crippen LogP contribution is -2.44. The average molecular weight is 240 g/mol. The lowest BCUT2D eigenvalue weighted by molar-refractivity contribution is 0.0753. The van der Waals surface area contributed by atoms with Crippen LogP contribution in [0.3, 0.4) is 0 Å². The van der Waals surface area contributed by atoms with Gasteiger partial charge in [-0.1, -0.05) is 17.8 Å². The largest absolute Gasteiger partial charge is 0.375 e. The van der Waals surface area contributed by atoms with E-state index in [1.165, 1.54) is 17.8 Å². The minimum Gasteiger partial charge on any atom is -0.375 e. The van der Waals surface area contributed by atoms with E-state index in [4.69, 9.17) is 5.73 Å². The van der Waals surface area contributed by atoms with Crippen molar-refractivity contribution in [2.75, 3.05) is 18.8 Å². The van der Waals surface area contributed by atoms with Crippen LogP contribution in [0.25, 0.3) is 0 Å². The van der Waals surface area contributed by atoms with Gasteiger partial charge in [-0.05, 0) is 19.8 Å². The molecule has 0 bridgehead atoms. The van der Waals surface area contributed by atoms with Gasteiger partial charge in [-0.3, -0.25) is 10.2 Å². The standard InChI is InChI=1S/C10H16N4OS/c1-7-8(16-10(11)12-7)9(15)13-14-5-3-2-4-6-14/h2-6H2,1H3,(H2,11,12)(H,13,15). The van der Waals surface area contributed by atoms with Gasteiger partial charge in [0.2, 0.25) is 0 Å². The van der Waals surface area contributed by atoms with Crippen LogP contribution in [-0.4, -0.2) is 29.0 Å². The molecule has 1 fully saturated rings. The molecule has 2 rings (SSSR count). The first-order valence-corrected chi connectivity index (χ1v) is 6.27. The zero-order valence-electron chi connectivity index (χ0n) is 9.32. The zero-order chi connectivity index (χ0) is 11.5. The van der Waals surface area contributed by atoms with Crippen LogP contribution in [0.4, 0.5) is 5.13 Å². The van der Waals surface area contributed by atoms with Gasteiger partial charge in [-0.15, -0.1) is 0 Å². The van der Waals surface area contributed by atoms with E-state index < -0.39 is 0 Å². The van der Waals surface area contributed by atoms with Crippen LogP contribution in [0.5, 0.6) is 0 Å². The number of nitrogen functional groups attached to an aromatic ring is 1. The third-order valence-corrected chi connectivity index (χ3v) is 3.62. The molecule has 1 aliphatic heterocycles. The summed E-state index contributed by atoms with van der Waals surface area (Å²) in [5.74, 6) is -0.0893. The van der Waals surface area contributed by atoms with Crippen LogP contribution >= 0.6 is 11.3 Å². The molecule has 0 spiro atoms. The fourth-order valence-corrected chi connectivity index (χ4v) is 2.55. The summed E-state index contributed by atoms with van der Waals surface area (Å²) in [6.07, 6.45) is 3.53. The van der Waals surface area contributed by atoms with Crippen molar-refractivity contribution in [2.45, 2.75) is 26.2 Å². The molecular formula is C10H16N4OS. The number of carbonyl (C=O) groups is 1. The van der Waals surface area contributed by atoms with E-state index in [1.54, 1.807) is 6.92 Å². The molecule has 0 saturated carbocycles. The van der Waals surface area contributed by atoms with Crippen LogP contribution in [0, 0.1) is 6.92 Å². The van der Waals surface area contributed by atoms with E-state index in [0.29, 0.717) is 15.7 Å². The van der Waals surface area contributed by atoms with Crippen LogP contribution in [0.2, 0.25) is 0 Å². The summed E-state index contributed by atoms with van der Waals surface area (Å²) in [5.41, 5.74) is 9.17. The van der Waals surface area contributed by atoms with Crippen LogP contribution in [-0.2, 0) is 0 Å². The smallest absolute Gasteiger partial charge is 0.277 e. The van der Waals surface area contributed by atoms with Crippen molar-refractivity contribution in [3.8, 4) is 0 Å². The molecule has 6 heteroatoms. The summed E-state index contributed by atoms with van der Waals surface area (Å²) in [7, 11) is 0. The molecule has 1 saturated heterocycles. The molecule has 1 aliphatic rings. The molecule has 1 amide bonds. The number of hydrogen-bond acceptors (Lipinski definition) is 5. The highest BCUT2D eigenvalue weighted by Crippen LogP contribution is 2.19. The molecule has 1 aromatic rings. The number of nitrogens with two attached hydrogens (primary N) is 1. The van der Waals surface area contributed by atoms with E-state index in [1.807, 2.05) is 5.01 Å². The first kappa shape index (κ1) is 11.3. The minimum atomic E-state index is -0.0893. The van der Waals surface area contributed by atoms with Gasteiger partial charge in [0, 0.05) is 13.1 Å². The van der Waals surface area contributed by atoms with Gasteiger partial charge in [-0.2, -0.15) is 0 Å². The van der Waals surface area contributed by atoms with Gasteiger partial charge < -0.3 is 5.73 Å². The first-order chi connectivity index (χ1) is 7.66. The summed E-state index contributed by atoms with van der Waals surface area (Å²) in [5, 5.41) is 2.42. The number of thiazole rings is 1. The maximum atomic E-state index is 11.9. The number of nitrogens with one attached hydrogen (secondary N) is 1. The fraction of sp³-hybridized carbons (Fsp3) is 0.600. The van der Waals surface area contributed by atoms with Crippen LogP contribution in [0.15, 0.2) is 0 Å². The molecule has 0 aromatic carbocycles. The Labute approximate surface area is 98.6 Å². The third-order valence-electron chi connectivity index (χ3n) is 2.64.